The van der Waals surface area contributed by atoms with Gasteiger partial charge in [-0.3, -0.25) is 14.5 Å². The van der Waals surface area contributed by atoms with Gasteiger partial charge in [-0.15, -0.1) is 10.2 Å². The zero-order valence-electron chi connectivity index (χ0n) is 12.9. The molecule has 1 N–H and O–H groups in total. The molecule has 0 spiro atoms. The summed E-state index contributed by atoms with van der Waals surface area (Å²) in [6.07, 6.45) is 6.57. The van der Waals surface area contributed by atoms with E-state index in [1.807, 2.05) is 6.92 Å². The number of carbonyl (C=O) groups excluding carboxylic acids is 2. The molecule has 0 aromatic carbocycles. The van der Waals surface area contributed by atoms with Gasteiger partial charge in [0.15, 0.2) is 0 Å². The fraction of sp³-hybridized carbons (Fsp3) is 0.733. The van der Waals surface area contributed by atoms with Crippen molar-refractivity contribution in [3.05, 3.63) is 5.01 Å². The predicted molar refractivity (Wildman–Crippen MR) is 84.7 cm³/mol. The summed E-state index contributed by atoms with van der Waals surface area (Å²) < 4.78 is 0. The number of hydrogen-bond acceptors (Lipinski definition) is 5. The Kier molecular flexibility index (Phi) is 4.71. The summed E-state index contributed by atoms with van der Waals surface area (Å²) in [5, 5.41) is 12.4. The van der Waals surface area contributed by atoms with Crippen molar-refractivity contribution in [3.63, 3.8) is 0 Å². The average Bonchev–Trinajstić information content (AvgIpc) is 3.20. The Morgan fingerprint density at radius 2 is 2.14 bits per heavy atom. The van der Waals surface area contributed by atoms with Crippen molar-refractivity contribution in [3.8, 4) is 0 Å². The first-order valence-corrected chi connectivity index (χ1v) is 8.83. The number of aryl methyl sites for hydroxylation is 1. The van der Waals surface area contributed by atoms with Gasteiger partial charge in [-0.1, -0.05) is 37.0 Å². The molecule has 120 valence electrons. The highest BCUT2D eigenvalue weighted by Gasteiger charge is 2.36. The standard InChI is InChI=1S/C15H22N4O2S/c1-10-17-18-15(22-10)19-9-12(8-13(19)20)14(21)16-7-6-11-4-2-3-5-11/h11-12H,2-9H2,1H3,(H,16,21). The summed E-state index contributed by atoms with van der Waals surface area (Å²) >= 11 is 1.39. The number of nitrogens with one attached hydrogen (secondary N) is 1. The van der Waals surface area contributed by atoms with Crippen LogP contribution in [0.3, 0.4) is 0 Å². The molecule has 7 heteroatoms. The number of aromatic nitrogens is 2. The number of anilines is 1. The minimum atomic E-state index is -0.264. The van der Waals surface area contributed by atoms with Crippen LogP contribution in [0.15, 0.2) is 0 Å². The molecule has 1 aromatic rings. The van der Waals surface area contributed by atoms with Crippen molar-refractivity contribution < 1.29 is 9.59 Å². The van der Waals surface area contributed by atoms with Crippen LogP contribution in [0.4, 0.5) is 5.13 Å². The van der Waals surface area contributed by atoms with Gasteiger partial charge in [0, 0.05) is 19.5 Å². The van der Waals surface area contributed by atoms with E-state index in [0.29, 0.717) is 11.7 Å². The zero-order chi connectivity index (χ0) is 15.5. The lowest BCUT2D eigenvalue weighted by atomic mass is 10.0. The number of carbonyl (C=O) groups is 2. The molecule has 1 unspecified atom stereocenters. The Hall–Kier alpha value is -1.50. The zero-order valence-corrected chi connectivity index (χ0v) is 13.7. The topological polar surface area (TPSA) is 75.2 Å². The number of amides is 2. The summed E-state index contributed by atoms with van der Waals surface area (Å²) in [5.74, 6) is 0.467. The maximum Gasteiger partial charge on any atom is 0.229 e. The molecule has 2 fully saturated rings. The van der Waals surface area contributed by atoms with Crippen LogP contribution in [-0.2, 0) is 9.59 Å². The lowest BCUT2D eigenvalue weighted by molar-refractivity contribution is -0.126. The molecule has 22 heavy (non-hydrogen) atoms. The van der Waals surface area contributed by atoms with Crippen molar-refractivity contribution >= 4 is 28.3 Å². The van der Waals surface area contributed by atoms with Crippen LogP contribution in [-0.4, -0.2) is 35.1 Å². The highest BCUT2D eigenvalue weighted by Crippen LogP contribution is 2.28. The van der Waals surface area contributed by atoms with E-state index in [4.69, 9.17) is 0 Å². The molecule has 1 saturated carbocycles. The molecule has 6 nitrogen and oxygen atoms in total. The maximum absolute atomic E-state index is 12.2. The van der Waals surface area contributed by atoms with Crippen molar-refractivity contribution in [2.45, 2.75) is 45.4 Å². The Labute approximate surface area is 134 Å². The minimum absolute atomic E-state index is 0.00455. The van der Waals surface area contributed by atoms with E-state index in [1.165, 1.54) is 37.0 Å². The largest absolute Gasteiger partial charge is 0.356 e. The summed E-state index contributed by atoms with van der Waals surface area (Å²) in [6.45, 7) is 3.00. The van der Waals surface area contributed by atoms with Gasteiger partial charge in [0.25, 0.3) is 0 Å². The van der Waals surface area contributed by atoms with Crippen LogP contribution in [0, 0.1) is 18.8 Å². The third-order valence-corrected chi connectivity index (χ3v) is 5.43. The fourth-order valence-corrected chi connectivity index (χ4v) is 4.02. The van der Waals surface area contributed by atoms with Crippen molar-refractivity contribution in [2.24, 2.45) is 11.8 Å². The van der Waals surface area contributed by atoms with Gasteiger partial charge in [0.2, 0.25) is 16.9 Å². The van der Waals surface area contributed by atoms with Gasteiger partial charge in [-0.25, -0.2) is 0 Å². The first kappa shape index (κ1) is 15.4. The molecule has 0 radical (unpaired) electrons. The summed E-state index contributed by atoms with van der Waals surface area (Å²) in [5.41, 5.74) is 0. The second-order valence-corrected chi connectivity index (χ2v) is 7.40. The highest BCUT2D eigenvalue weighted by atomic mass is 32.1. The quantitative estimate of drug-likeness (QED) is 0.898. The number of hydrogen-bond donors (Lipinski definition) is 1. The molecule has 2 aliphatic rings. The SMILES string of the molecule is Cc1nnc(N2CC(C(=O)NCCC3CCCC3)CC2=O)s1. The van der Waals surface area contributed by atoms with E-state index in [2.05, 4.69) is 15.5 Å². The first-order chi connectivity index (χ1) is 10.6. The maximum atomic E-state index is 12.2. The molecule has 1 atom stereocenters. The first-order valence-electron chi connectivity index (χ1n) is 8.01. The third kappa shape index (κ3) is 3.45. The van der Waals surface area contributed by atoms with E-state index in [1.54, 1.807) is 4.90 Å². The van der Waals surface area contributed by atoms with E-state index >= 15 is 0 Å². The normalized spacial score (nSPS) is 22.5. The van der Waals surface area contributed by atoms with Crippen LogP contribution in [0.5, 0.6) is 0 Å². The van der Waals surface area contributed by atoms with Gasteiger partial charge >= 0.3 is 0 Å². The number of nitrogens with zero attached hydrogens (tertiary/aromatic N) is 3. The van der Waals surface area contributed by atoms with Gasteiger partial charge in [-0.05, 0) is 19.3 Å². The Bertz CT molecular complexity index is 553. The van der Waals surface area contributed by atoms with E-state index in [0.717, 1.165) is 23.9 Å². The lowest BCUT2D eigenvalue weighted by Gasteiger charge is -2.14. The smallest absolute Gasteiger partial charge is 0.229 e. The van der Waals surface area contributed by atoms with Gasteiger partial charge in [-0.2, -0.15) is 0 Å². The van der Waals surface area contributed by atoms with Gasteiger partial charge < -0.3 is 5.32 Å². The van der Waals surface area contributed by atoms with Crippen LogP contribution >= 0.6 is 11.3 Å². The molecule has 1 aromatic heterocycles. The molecule has 2 amide bonds. The molecule has 2 heterocycles. The average molecular weight is 322 g/mol. The molecule has 1 aliphatic carbocycles. The Morgan fingerprint density at radius 3 is 2.82 bits per heavy atom. The van der Waals surface area contributed by atoms with E-state index in [-0.39, 0.29) is 24.2 Å². The Morgan fingerprint density at radius 1 is 1.36 bits per heavy atom. The van der Waals surface area contributed by atoms with Crippen LogP contribution in [0.1, 0.15) is 43.5 Å². The molecule has 1 aliphatic heterocycles. The van der Waals surface area contributed by atoms with Crippen molar-refractivity contribution in [1.82, 2.24) is 15.5 Å². The van der Waals surface area contributed by atoms with Gasteiger partial charge in [0.1, 0.15) is 5.01 Å². The van der Waals surface area contributed by atoms with Crippen LogP contribution < -0.4 is 10.2 Å². The minimum Gasteiger partial charge on any atom is -0.356 e. The van der Waals surface area contributed by atoms with Crippen molar-refractivity contribution in [1.29, 1.82) is 0 Å². The van der Waals surface area contributed by atoms with E-state index in [9.17, 15) is 9.59 Å². The summed E-state index contributed by atoms with van der Waals surface area (Å²) in [4.78, 5) is 25.9. The summed E-state index contributed by atoms with van der Waals surface area (Å²) in [7, 11) is 0. The number of rotatable bonds is 5. The van der Waals surface area contributed by atoms with Crippen LogP contribution in [0.25, 0.3) is 0 Å². The second-order valence-electron chi connectivity index (χ2n) is 6.24. The molecule has 3 rings (SSSR count). The van der Waals surface area contributed by atoms with Gasteiger partial charge in [0.05, 0.1) is 5.92 Å². The fourth-order valence-electron chi connectivity index (χ4n) is 3.31. The monoisotopic (exact) mass is 322 g/mol. The summed E-state index contributed by atoms with van der Waals surface area (Å²) in [6, 6.07) is 0. The molecular formula is C15H22N4O2S. The third-order valence-electron chi connectivity index (χ3n) is 4.57. The Balaban J connectivity index is 1.48. The molecule has 1 saturated heterocycles. The highest BCUT2D eigenvalue weighted by molar-refractivity contribution is 7.15. The molecule has 0 bridgehead atoms. The van der Waals surface area contributed by atoms with E-state index < -0.39 is 0 Å². The van der Waals surface area contributed by atoms with Crippen LogP contribution in [0.2, 0.25) is 0 Å². The molecular weight excluding hydrogens is 300 g/mol. The predicted octanol–water partition coefficient (Wildman–Crippen LogP) is 1.90. The second kappa shape index (κ2) is 6.73. The lowest BCUT2D eigenvalue weighted by Crippen LogP contribution is -2.34. The van der Waals surface area contributed by atoms with Crippen molar-refractivity contribution in [2.75, 3.05) is 18.0 Å².